The Balaban J connectivity index is 2.39. The molecule has 0 aliphatic carbocycles. The number of halogens is 3. The Labute approximate surface area is 126 Å². The van der Waals surface area contributed by atoms with Gasteiger partial charge in [-0.05, 0) is 36.2 Å². The molecule has 2 rings (SSSR count). The van der Waals surface area contributed by atoms with Crippen LogP contribution in [0.2, 0.25) is 0 Å². The van der Waals surface area contributed by atoms with Crippen LogP contribution in [0.1, 0.15) is 34.0 Å². The molecule has 0 bridgehead atoms. The SMILES string of the molecule is CCc1ccc(OC)c(C(=O)c2ccc(C(F)(F)F)cc2)c1. The first-order chi connectivity index (χ1) is 10.4. The number of aryl methyl sites for hydroxylation is 1. The van der Waals surface area contributed by atoms with E-state index >= 15 is 0 Å². The Kier molecular flexibility index (Phi) is 4.54. The average molecular weight is 308 g/mol. The molecule has 0 fully saturated rings. The fourth-order valence-electron chi connectivity index (χ4n) is 2.12. The van der Waals surface area contributed by atoms with E-state index in [0.29, 0.717) is 11.3 Å². The van der Waals surface area contributed by atoms with Gasteiger partial charge >= 0.3 is 6.18 Å². The molecule has 2 aromatic carbocycles. The van der Waals surface area contributed by atoms with Crippen LogP contribution >= 0.6 is 0 Å². The molecule has 22 heavy (non-hydrogen) atoms. The molecule has 0 spiro atoms. The molecule has 0 aliphatic heterocycles. The first-order valence-electron chi connectivity index (χ1n) is 6.75. The average Bonchev–Trinajstić information content (AvgIpc) is 2.52. The Morgan fingerprint density at radius 1 is 1.09 bits per heavy atom. The van der Waals surface area contributed by atoms with Crippen molar-refractivity contribution in [3.05, 3.63) is 64.7 Å². The quantitative estimate of drug-likeness (QED) is 0.777. The first-order valence-corrected chi connectivity index (χ1v) is 6.75. The third-order valence-corrected chi connectivity index (χ3v) is 3.39. The zero-order valence-electron chi connectivity index (χ0n) is 12.2. The van der Waals surface area contributed by atoms with Crippen molar-refractivity contribution in [3.63, 3.8) is 0 Å². The van der Waals surface area contributed by atoms with E-state index < -0.39 is 11.7 Å². The molecule has 0 radical (unpaired) electrons. The minimum Gasteiger partial charge on any atom is -0.496 e. The molecule has 2 nitrogen and oxygen atoms in total. The normalized spacial score (nSPS) is 11.3. The molecular weight excluding hydrogens is 293 g/mol. The van der Waals surface area contributed by atoms with Crippen molar-refractivity contribution < 1.29 is 22.7 Å². The highest BCUT2D eigenvalue weighted by Gasteiger charge is 2.30. The van der Waals surface area contributed by atoms with E-state index in [-0.39, 0.29) is 11.3 Å². The summed E-state index contributed by atoms with van der Waals surface area (Å²) in [7, 11) is 1.45. The van der Waals surface area contributed by atoms with Gasteiger partial charge in [-0.3, -0.25) is 4.79 Å². The van der Waals surface area contributed by atoms with Gasteiger partial charge in [-0.1, -0.05) is 25.1 Å². The molecule has 116 valence electrons. The standard InChI is InChI=1S/C17H15F3O2/c1-3-11-4-9-15(22-2)14(10-11)16(21)12-5-7-13(8-6-12)17(18,19)20/h4-10H,3H2,1-2H3. The van der Waals surface area contributed by atoms with Crippen molar-refractivity contribution in [2.75, 3.05) is 7.11 Å². The maximum absolute atomic E-state index is 12.6. The number of ether oxygens (including phenoxy) is 1. The molecule has 0 heterocycles. The zero-order chi connectivity index (χ0) is 16.3. The molecule has 5 heteroatoms. The van der Waals surface area contributed by atoms with Crippen molar-refractivity contribution in [2.45, 2.75) is 19.5 Å². The highest BCUT2D eigenvalue weighted by molar-refractivity contribution is 6.10. The summed E-state index contributed by atoms with van der Waals surface area (Å²) in [5, 5.41) is 0. The molecule has 0 amide bonds. The van der Waals surface area contributed by atoms with Crippen molar-refractivity contribution in [2.24, 2.45) is 0 Å². The lowest BCUT2D eigenvalue weighted by molar-refractivity contribution is -0.137. The van der Waals surface area contributed by atoms with E-state index in [1.807, 2.05) is 13.0 Å². The summed E-state index contributed by atoms with van der Waals surface area (Å²) in [5.41, 5.74) is 0.718. The molecule has 0 aliphatic rings. The smallest absolute Gasteiger partial charge is 0.416 e. The van der Waals surface area contributed by atoms with Crippen LogP contribution in [-0.2, 0) is 12.6 Å². The summed E-state index contributed by atoms with van der Waals surface area (Å²) in [4.78, 5) is 12.5. The minimum absolute atomic E-state index is 0.194. The van der Waals surface area contributed by atoms with E-state index in [2.05, 4.69) is 0 Å². The number of hydrogen-bond donors (Lipinski definition) is 0. The highest BCUT2D eigenvalue weighted by atomic mass is 19.4. The first kappa shape index (κ1) is 16.1. The van der Waals surface area contributed by atoms with Crippen LogP contribution in [0.5, 0.6) is 5.75 Å². The molecule has 0 saturated carbocycles. The van der Waals surface area contributed by atoms with E-state index in [0.717, 1.165) is 24.1 Å². The molecule has 0 saturated heterocycles. The van der Waals surface area contributed by atoms with Crippen LogP contribution < -0.4 is 4.74 Å². The number of rotatable bonds is 4. The lowest BCUT2D eigenvalue weighted by atomic mass is 9.98. The fraction of sp³-hybridized carbons (Fsp3) is 0.235. The maximum atomic E-state index is 12.6. The van der Waals surface area contributed by atoms with Crippen LogP contribution in [0, 0.1) is 0 Å². The van der Waals surface area contributed by atoms with Crippen molar-refractivity contribution in [1.82, 2.24) is 0 Å². The van der Waals surface area contributed by atoms with Crippen LogP contribution in [0.25, 0.3) is 0 Å². The number of methoxy groups -OCH3 is 1. The summed E-state index contributed by atoms with van der Waals surface area (Å²) in [6.07, 6.45) is -3.67. The fourth-order valence-corrected chi connectivity index (χ4v) is 2.12. The topological polar surface area (TPSA) is 26.3 Å². The van der Waals surface area contributed by atoms with Gasteiger partial charge in [-0.2, -0.15) is 13.2 Å². The second kappa shape index (κ2) is 6.22. The zero-order valence-corrected chi connectivity index (χ0v) is 12.2. The number of benzene rings is 2. The van der Waals surface area contributed by atoms with Crippen molar-refractivity contribution in [3.8, 4) is 5.75 Å². The largest absolute Gasteiger partial charge is 0.496 e. The minimum atomic E-state index is -4.42. The van der Waals surface area contributed by atoms with Gasteiger partial charge in [0.15, 0.2) is 5.78 Å². The van der Waals surface area contributed by atoms with Crippen LogP contribution in [0.3, 0.4) is 0 Å². The number of carbonyl (C=O) groups excluding carboxylic acids is 1. The predicted molar refractivity (Wildman–Crippen MR) is 77.2 cm³/mol. The molecule has 0 aromatic heterocycles. The van der Waals surface area contributed by atoms with Crippen LogP contribution in [-0.4, -0.2) is 12.9 Å². The van der Waals surface area contributed by atoms with Gasteiger partial charge in [0, 0.05) is 5.56 Å². The van der Waals surface area contributed by atoms with Gasteiger partial charge in [0.25, 0.3) is 0 Å². The van der Waals surface area contributed by atoms with Crippen LogP contribution in [0.15, 0.2) is 42.5 Å². The third-order valence-electron chi connectivity index (χ3n) is 3.39. The monoisotopic (exact) mass is 308 g/mol. The lowest BCUT2D eigenvalue weighted by Crippen LogP contribution is -2.08. The molecule has 2 aromatic rings. The molecule has 0 N–H and O–H groups in total. The van der Waals surface area contributed by atoms with E-state index in [9.17, 15) is 18.0 Å². The number of alkyl halides is 3. The Bertz CT molecular complexity index is 673. The predicted octanol–water partition coefficient (Wildman–Crippen LogP) is 4.51. The van der Waals surface area contributed by atoms with Crippen molar-refractivity contribution >= 4 is 5.78 Å². The van der Waals surface area contributed by atoms with Gasteiger partial charge in [0.2, 0.25) is 0 Å². The number of hydrogen-bond acceptors (Lipinski definition) is 2. The van der Waals surface area contributed by atoms with Gasteiger partial charge in [-0.15, -0.1) is 0 Å². The second-order valence-electron chi connectivity index (χ2n) is 4.79. The Hall–Kier alpha value is -2.30. The summed E-state index contributed by atoms with van der Waals surface area (Å²) < 4.78 is 42.8. The highest BCUT2D eigenvalue weighted by Crippen LogP contribution is 2.30. The lowest BCUT2D eigenvalue weighted by Gasteiger charge is -2.11. The second-order valence-corrected chi connectivity index (χ2v) is 4.79. The van der Waals surface area contributed by atoms with Gasteiger partial charge in [0.05, 0.1) is 18.2 Å². The number of ketones is 1. The van der Waals surface area contributed by atoms with Gasteiger partial charge in [0.1, 0.15) is 5.75 Å². The van der Waals surface area contributed by atoms with E-state index in [1.54, 1.807) is 12.1 Å². The summed E-state index contributed by atoms with van der Waals surface area (Å²) in [6, 6.07) is 9.43. The molecule has 0 unspecified atom stereocenters. The van der Waals surface area contributed by atoms with Crippen molar-refractivity contribution in [1.29, 1.82) is 0 Å². The van der Waals surface area contributed by atoms with Gasteiger partial charge in [-0.25, -0.2) is 0 Å². The summed E-state index contributed by atoms with van der Waals surface area (Å²) in [5.74, 6) is 0.0444. The maximum Gasteiger partial charge on any atom is 0.416 e. The van der Waals surface area contributed by atoms with Crippen LogP contribution in [0.4, 0.5) is 13.2 Å². The Morgan fingerprint density at radius 2 is 1.73 bits per heavy atom. The van der Waals surface area contributed by atoms with E-state index in [4.69, 9.17) is 4.74 Å². The van der Waals surface area contributed by atoms with E-state index in [1.165, 1.54) is 19.2 Å². The summed E-state index contributed by atoms with van der Waals surface area (Å²) in [6.45, 7) is 1.95. The summed E-state index contributed by atoms with van der Waals surface area (Å²) >= 11 is 0. The molecule has 0 atom stereocenters. The number of carbonyl (C=O) groups is 1. The molecular formula is C17H15F3O2. The Morgan fingerprint density at radius 3 is 2.23 bits per heavy atom. The third kappa shape index (κ3) is 3.30. The van der Waals surface area contributed by atoms with Gasteiger partial charge < -0.3 is 4.74 Å².